The van der Waals surface area contributed by atoms with Gasteiger partial charge < -0.3 is 19.9 Å². The number of hydrogen-bond donors (Lipinski definition) is 1. The van der Waals surface area contributed by atoms with E-state index >= 15 is 0 Å². The highest BCUT2D eigenvalue weighted by molar-refractivity contribution is 6.30. The van der Waals surface area contributed by atoms with Crippen LogP contribution in [0.4, 0.5) is 28.7 Å². The highest BCUT2D eigenvalue weighted by Gasteiger charge is 2.29. The van der Waals surface area contributed by atoms with Crippen LogP contribution in [0.2, 0.25) is 5.02 Å². The molecule has 166 valence electrons. The summed E-state index contributed by atoms with van der Waals surface area (Å²) in [6.45, 7) is 5.05. The average molecular weight is 455 g/mol. The number of benzene rings is 2. The summed E-state index contributed by atoms with van der Waals surface area (Å²) in [4.78, 5) is 24.0. The number of halogens is 1. The zero-order chi connectivity index (χ0) is 22.5. The number of nitro groups is 1. The molecule has 32 heavy (non-hydrogen) atoms. The van der Waals surface area contributed by atoms with Crippen molar-refractivity contribution in [3.05, 3.63) is 70.0 Å². The molecule has 4 rings (SSSR count). The number of rotatable bonds is 7. The van der Waals surface area contributed by atoms with E-state index in [1.54, 1.807) is 24.3 Å². The summed E-state index contributed by atoms with van der Waals surface area (Å²) in [5.41, 5.74) is 1.57. The first-order valence-electron chi connectivity index (χ1n) is 10.3. The Bertz CT molecular complexity index is 1090. The lowest BCUT2D eigenvalue weighted by atomic mass is 10.2. The molecule has 1 N–H and O–H groups in total. The molecule has 1 aromatic heterocycles. The number of nitrogens with one attached hydrogen (secondary N) is 1. The fraction of sp³-hybridized carbons (Fsp3) is 0.273. The Labute approximate surface area is 190 Å². The molecular formula is C22H23ClN6O3. The number of aromatic nitrogens is 2. The molecule has 0 saturated carbocycles. The lowest BCUT2D eigenvalue weighted by Gasteiger charge is -2.36. The molecule has 0 radical (unpaired) electrons. The normalized spacial score (nSPS) is 13.7. The predicted molar refractivity (Wildman–Crippen MR) is 125 cm³/mol. The van der Waals surface area contributed by atoms with Crippen LogP contribution in [0.1, 0.15) is 6.92 Å². The number of ether oxygens (including phenoxy) is 1. The van der Waals surface area contributed by atoms with Gasteiger partial charge in [0.15, 0.2) is 0 Å². The van der Waals surface area contributed by atoms with Crippen molar-refractivity contribution in [1.29, 1.82) is 0 Å². The molecule has 0 bridgehead atoms. The maximum absolute atomic E-state index is 12.0. The minimum Gasteiger partial charge on any atom is -0.494 e. The van der Waals surface area contributed by atoms with Crippen LogP contribution in [0.3, 0.4) is 0 Å². The van der Waals surface area contributed by atoms with Crippen LogP contribution >= 0.6 is 11.6 Å². The second-order valence-electron chi connectivity index (χ2n) is 7.19. The van der Waals surface area contributed by atoms with Crippen LogP contribution in [0, 0.1) is 10.1 Å². The summed E-state index contributed by atoms with van der Waals surface area (Å²) >= 11 is 6.11. The van der Waals surface area contributed by atoms with Crippen molar-refractivity contribution >= 4 is 40.3 Å². The molecule has 3 aromatic rings. The Morgan fingerprint density at radius 3 is 2.47 bits per heavy atom. The van der Waals surface area contributed by atoms with Crippen LogP contribution in [0.25, 0.3) is 0 Å². The molecule has 9 nitrogen and oxygen atoms in total. The second kappa shape index (κ2) is 9.69. The number of piperazine rings is 1. The fourth-order valence-corrected chi connectivity index (χ4v) is 3.83. The fourth-order valence-electron chi connectivity index (χ4n) is 3.65. The summed E-state index contributed by atoms with van der Waals surface area (Å²) in [6.07, 6.45) is 1.35. The van der Waals surface area contributed by atoms with Gasteiger partial charge in [0.05, 0.1) is 11.5 Å². The highest BCUT2D eigenvalue weighted by Crippen LogP contribution is 2.34. The van der Waals surface area contributed by atoms with E-state index in [1.165, 1.54) is 6.33 Å². The van der Waals surface area contributed by atoms with Gasteiger partial charge in [-0.1, -0.05) is 17.7 Å². The molecule has 1 fully saturated rings. The number of nitrogens with zero attached hydrogens (tertiary/aromatic N) is 5. The smallest absolute Gasteiger partial charge is 0.353 e. The molecule has 0 aliphatic carbocycles. The quantitative estimate of drug-likeness (QED) is 0.411. The van der Waals surface area contributed by atoms with E-state index in [0.29, 0.717) is 49.3 Å². The van der Waals surface area contributed by atoms with Gasteiger partial charge in [-0.15, -0.1) is 0 Å². The van der Waals surface area contributed by atoms with Crippen molar-refractivity contribution in [3.63, 3.8) is 0 Å². The lowest BCUT2D eigenvalue weighted by molar-refractivity contribution is -0.383. The van der Waals surface area contributed by atoms with Crippen molar-refractivity contribution in [2.75, 3.05) is 47.9 Å². The minimum absolute atomic E-state index is 0.141. The summed E-state index contributed by atoms with van der Waals surface area (Å²) < 4.78 is 5.44. The van der Waals surface area contributed by atoms with Gasteiger partial charge in [-0.2, -0.15) is 0 Å². The van der Waals surface area contributed by atoms with Crippen LogP contribution in [0.15, 0.2) is 54.9 Å². The van der Waals surface area contributed by atoms with E-state index in [9.17, 15) is 10.1 Å². The molecule has 0 spiro atoms. The first kappa shape index (κ1) is 21.6. The van der Waals surface area contributed by atoms with Crippen molar-refractivity contribution in [1.82, 2.24) is 9.97 Å². The third-order valence-electron chi connectivity index (χ3n) is 5.17. The summed E-state index contributed by atoms with van der Waals surface area (Å²) in [6, 6.07) is 14.9. The lowest BCUT2D eigenvalue weighted by Crippen LogP contribution is -2.47. The molecule has 2 aromatic carbocycles. The van der Waals surface area contributed by atoms with Gasteiger partial charge in [-0.3, -0.25) is 10.1 Å². The van der Waals surface area contributed by atoms with Gasteiger partial charge in [0, 0.05) is 42.6 Å². The first-order valence-corrected chi connectivity index (χ1v) is 10.7. The van der Waals surface area contributed by atoms with Crippen molar-refractivity contribution in [2.45, 2.75) is 6.92 Å². The zero-order valence-electron chi connectivity index (χ0n) is 17.6. The third kappa shape index (κ3) is 4.83. The first-order chi connectivity index (χ1) is 15.5. The Morgan fingerprint density at radius 1 is 1.09 bits per heavy atom. The maximum atomic E-state index is 12.0. The molecular weight excluding hydrogens is 432 g/mol. The van der Waals surface area contributed by atoms with Gasteiger partial charge in [0.1, 0.15) is 12.1 Å². The monoisotopic (exact) mass is 454 g/mol. The predicted octanol–water partition coefficient (Wildman–Crippen LogP) is 4.51. The Balaban J connectivity index is 1.53. The van der Waals surface area contributed by atoms with Crippen molar-refractivity contribution in [2.24, 2.45) is 0 Å². The van der Waals surface area contributed by atoms with E-state index in [-0.39, 0.29) is 11.5 Å². The summed E-state index contributed by atoms with van der Waals surface area (Å²) in [5, 5.41) is 15.7. The van der Waals surface area contributed by atoms with Gasteiger partial charge in [0.25, 0.3) is 0 Å². The third-order valence-corrected chi connectivity index (χ3v) is 5.40. The van der Waals surface area contributed by atoms with E-state index in [0.717, 1.165) is 11.4 Å². The second-order valence-corrected chi connectivity index (χ2v) is 7.62. The Morgan fingerprint density at radius 2 is 1.81 bits per heavy atom. The van der Waals surface area contributed by atoms with Crippen LogP contribution in [0.5, 0.6) is 5.75 Å². The summed E-state index contributed by atoms with van der Waals surface area (Å²) in [7, 11) is 0. The molecule has 1 aliphatic rings. The van der Waals surface area contributed by atoms with Crippen molar-refractivity contribution in [3.8, 4) is 5.75 Å². The SMILES string of the molecule is CCOc1ccc(Nc2ncnc(N3CCN(c4cccc(Cl)c4)CC3)c2[N+](=O)[O-])cc1. The Kier molecular flexibility index (Phi) is 6.55. The number of anilines is 4. The largest absolute Gasteiger partial charge is 0.494 e. The molecule has 0 amide bonds. The van der Waals surface area contributed by atoms with Crippen LogP contribution < -0.4 is 19.9 Å². The van der Waals surface area contributed by atoms with Crippen LogP contribution in [-0.2, 0) is 0 Å². The average Bonchev–Trinajstić information content (AvgIpc) is 2.80. The van der Waals surface area contributed by atoms with Gasteiger partial charge in [0.2, 0.25) is 11.6 Å². The summed E-state index contributed by atoms with van der Waals surface area (Å²) in [5.74, 6) is 1.19. The molecule has 0 unspecified atom stereocenters. The minimum atomic E-state index is -0.435. The maximum Gasteiger partial charge on any atom is 0.353 e. The van der Waals surface area contributed by atoms with E-state index in [1.807, 2.05) is 36.1 Å². The van der Waals surface area contributed by atoms with E-state index in [4.69, 9.17) is 16.3 Å². The van der Waals surface area contributed by atoms with Crippen molar-refractivity contribution < 1.29 is 9.66 Å². The topological polar surface area (TPSA) is 96.7 Å². The van der Waals surface area contributed by atoms with Gasteiger partial charge in [-0.25, -0.2) is 9.97 Å². The molecule has 0 atom stereocenters. The van der Waals surface area contributed by atoms with E-state index < -0.39 is 4.92 Å². The molecule has 10 heteroatoms. The zero-order valence-corrected chi connectivity index (χ0v) is 18.3. The molecule has 2 heterocycles. The van der Waals surface area contributed by atoms with Crippen LogP contribution in [-0.4, -0.2) is 47.7 Å². The standard InChI is InChI=1S/C22H23ClN6O3/c1-2-32-19-8-6-17(7-9-19)26-21-20(29(30)31)22(25-15-24-21)28-12-10-27(11-13-28)18-5-3-4-16(23)14-18/h3-9,14-15H,2,10-13H2,1H3,(H,24,25,26). The van der Waals surface area contributed by atoms with E-state index in [2.05, 4.69) is 20.2 Å². The highest BCUT2D eigenvalue weighted by atomic mass is 35.5. The Hall–Kier alpha value is -3.59. The molecule has 1 aliphatic heterocycles. The molecule has 1 saturated heterocycles. The van der Waals surface area contributed by atoms with Gasteiger partial charge >= 0.3 is 5.69 Å². The van der Waals surface area contributed by atoms with Gasteiger partial charge in [-0.05, 0) is 49.4 Å². The number of hydrogen-bond acceptors (Lipinski definition) is 8.